The number of nitrogens with zero attached hydrogens (tertiary/aromatic N) is 4. The van der Waals surface area contributed by atoms with E-state index in [4.69, 9.17) is 0 Å². The average molecular weight is 346 g/mol. The van der Waals surface area contributed by atoms with Crippen molar-refractivity contribution in [3.05, 3.63) is 72.2 Å². The Labute approximate surface area is 153 Å². The first-order chi connectivity index (χ1) is 12.5. The van der Waals surface area contributed by atoms with E-state index in [-0.39, 0.29) is 11.4 Å². The molecule has 5 heteroatoms. The van der Waals surface area contributed by atoms with Crippen molar-refractivity contribution >= 4 is 11.6 Å². The summed E-state index contributed by atoms with van der Waals surface area (Å²) in [6, 6.07) is 15.5. The van der Waals surface area contributed by atoms with E-state index in [1.165, 1.54) is 5.56 Å². The molecule has 132 valence electrons. The highest BCUT2D eigenvalue weighted by Crippen LogP contribution is 2.43. The molecule has 0 radical (unpaired) electrons. The molecule has 0 fully saturated rings. The maximum Gasteiger partial charge on any atom is 0.277 e. The molecular weight excluding hydrogens is 324 g/mol. The second-order valence-corrected chi connectivity index (χ2v) is 7.45. The third kappa shape index (κ3) is 2.69. The lowest BCUT2D eigenvalue weighted by atomic mass is 9.80. The minimum absolute atomic E-state index is 0.0802. The molecule has 0 unspecified atom stereocenters. The Bertz CT molecular complexity index is 946. The lowest BCUT2D eigenvalue weighted by molar-refractivity contribution is 0.0949. The molecule has 1 atom stereocenters. The van der Waals surface area contributed by atoms with Gasteiger partial charge in [0.25, 0.3) is 5.91 Å². The van der Waals surface area contributed by atoms with Crippen molar-refractivity contribution in [2.24, 2.45) is 0 Å². The first-order valence-corrected chi connectivity index (χ1v) is 8.88. The lowest BCUT2D eigenvalue weighted by Crippen LogP contribution is -2.51. The monoisotopic (exact) mass is 346 g/mol. The molecule has 1 aliphatic rings. The zero-order valence-electron chi connectivity index (χ0n) is 15.3. The number of hydrogen-bond donors (Lipinski definition) is 0. The van der Waals surface area contributed by atoms with Gasteiger partial charge in [0, 0.05) is 23.6 Å². The number of anilines is 1. The smallest absolute Gasteiger partial charge is 0.277 e. The predicted octanol–water partition coefficient (Wildman–Crippen LogP) is 4.20. The first kappa shape index (κ1) is 16.5. The van der Waals surface area contributed by atoms with Crippen molar-refractivity contribution in [2.75, 3.05) is 4.90 Å². The summed E-state index contributed by atoms with van der Waals surface area (Å²) in [5, 5.41) is 4.20. The van der Waals surface area contributed by atoms with Crippen molar-refractivity contribution in [1.29, 1.82) is 0 Å². The number of pyridine rings is 1. The number of amides is 1. The van der Waals surface area contributed by atoms with Gasteiger partial charge in [-0.05, 0) is 56.0 Å². The molecule has 0 bridgehead atoms. The maximum absolute atomic E-state index is 13.4. The summed E-state index contributed by atoms with van der Waals surface area (Å²) in [6.07, 6.45) is 4.43. The van der Waals surface area contributed by atoms with Crippen LogP contribution in [0.2, 0.25) is 0 Å². The Balaban J connectivity index is 1.78. The standard InChI is InChI=1S/C21H22N4O/c1-15-14-21(2,3)25(18-10-5-4-8-16(15)18)20(26)17-9-6-11-19(23-17)24-13-7-12-22-24/h4-13,15H,14H2,1-3H3/t15-/m1/s1. The van der Waals surface area contributed by atoms with Gasteiger partial charge >= 0.3 is 0 Å². The molecule has 5 nitrogen and oxygen atoms in total. The van der Waals surface area contributed by atoms with Crippen LogP contribution >= 0.6 is 0 Å². The predicted molar refractivity (Wildman–Crippen MR) is 102 cm³/mol. The number of hydrogen-bond acceptors (Lipinski definition) is 3. The van der Waals surface area contributed by atoms with Gasteiger partial charge in [-0.25, -0.2) is 9.67 Å². The topological polar surface area (TPSA) is 51.0 Å². The van der Waals surface area contributed by atoms with E-state index in [0.717, 1.165) is 12.1 Å². The van der Waals surface area contributed by atoms with E-state index >= 15 is 0 Å². The summed E-state index contributed by atoms with van der Waals surface area (Å²) < 4.78 is 1.66. The minimum Gasteiger partial charge on any atom is -0.301 e. The normalized spacial score (nSPS) is 18.4. The third-order valence-corrected chi connectivity index (χ3v) is 5.02. The van der Waals surface area contributed by atoms with Crippen LogP contribution in [-0.2, 0) is 0 Å². The summed E-state index contributed by atoms with van der Waals surface area (Å²) in [6.45, 7) is 6.46. The van der Waals surface area contributed by atoms with E-state index in [1.807, 2.05) is 47.5 Å². The molecule has 4 rings (SSSR count). The van der Waals surface area contributed by atoms with Crippen LogP contribution in [0.5, 0.6) is 0 Å². The zero-order valence-corrected chi connectivity index (χ0v) is 15.3. The highest BCUT2D eigenvalue weighted by molar-refractivity contribution is 6.06. The highest BCUT2D eigenvalue weighted by atomic mass is 16.2. The molecule has 0 N–H and O–H groups in total. The van der Waals surface area contributed by atoms with E-state index in [1.54, 1.807) is 16.9 Å². The number of rotatable bonds is 2. The molecule has 2 aromatic heterocycles. The van der Waals surface area contributed by atoms with Crippen LogP contribution in [0.25, 0.3) is 5.82 Å². The van der Waals surface area contributed by atoms with Crippen molar-refractivity contribution in [1.82, 2.24) is 14.8 Å². The number of benzene rings is 1. The highest BCUT2D eigenvalue weighted by Gasteiger charge is 2.40. The molecule has 0 saturated heterocycles. The third-order valence-electron chi connectivity index (χ3n) is 5.02. The van der Waals surface area contributed by atoms with Gasteiger partial charge in [0.1, 0.15) is 5.69 Å². The van der Waals surface area contributed by atoms with Gasteiger partial charge in [-0.3, -0.25) is 4.79 Å². The van der Waals surface area contributed by atoms with E-state index < -0.39 is 0 Å². The van der Waals surface area contributed by atoms with Crippen LogP contribution in [0.3, 0.4) is 0 Å². The molecule has 0 spiro atoms. The molecule has 1 aliphatic heterocycles. The van der Waals surface area contributed by atoms with Crippen molar-refractivity contribution < 1.29 is 4.79 Å². The summed E-state index contributed by atoms with van der Waals surface area (Å²) in [4.78, 5) is 19.9. The van der Waals surface area contributed by atoms with Gasteiger partial charge in [-0.2, -0.15) is 5.10 Å². The number of carbonyl (C=O) groups is 1. The Kier molecular flexibility index (Phi) is 3.87. The quantitative estimate of drug-likeness (QED) is 0.699. The Hall–Kier alpha value is -2.95. The number of para-hydroxylation sites is 1. The molecule has 0 saturated carbocycles. The zero-order chi connectivity index (χ0) is 18.3. The Morgan fingerprint density at radius 1 is 1.12 bits per heavy atom. The fraction of sp³-hybridized carbons (Fsp3) is 0.286. The summed E-state index contributed by atoms with van der Waals surface area (Å²) >= 11 is 0. The van der Waals surface area contributed by atoms with E-state index in [0.29, 0.717) is 17.4 Å². The second-order valence-electron chi connectivity index (χ2n) is 7.45. The van der Waals surface area contributed by atoms with Crippen LogP contribution < -0.4 is 4.90 Å². The molecule has 3 heterocycles. The molecule has 1 amide bonds. The fourth-order valence-corrected chi connectivity index (χ4v) is 3.96. The van der Waals surface area contributed by atoms with Gasteiger partial charge in [-0.15, -0.1) is 0 Å². The van der Waals surface area contributed by atoms with Crippen LogP contribution in [0, 0.1) is 0 Å². The average Bonchev–Trinajstić information content (AvgIpc) is 3.16. The van der Waals surface area contributed by atoms with Crippen molar-refractivity contribution in [3.63, 3.8) is 0 Å². The Morgan fingerprint density at radius 2 is 1.92 bits per heavy atom. The number of fused-ring (bicyclic) bond motifs is 1. The van der Waals surface area contributed by atoms with Crippen LogP contribution in [0.4, 0.5) is 5.69 Å². The maximum atomic E-state index is 13.4. The molecule has 26 heavy (non-hydrogen) atoms. The van der Waals surface area contributed by atoms with Crippen molar-refractivity contribution in [2.45, 2.75) is 38.6 Å². The summed E-state index contributed by atoms with van der Waals surface area (Å²) in [5.74, 6) is 0.967. The second kappa shape index (κ2) is 6.09. The molecule has 3 aromatic rings. The lowest BCUT2D eigenvalue weighted by Gasteiger charge is -2.45. The number of aromatic nitrogens is 3. The van der Waals surface area contributed by atoms with Gasteiger partial charge < -0.3 is 4.90 Å². The van der Waals surface area contributed by atoms with Gasteiger partial charge in [0.15, 0.2) is 5.82 Å². The number of carbonyl (C=O) groups excluding carboxylic acids is 1. The summed E-state index contributed by atoms with van der Waals surface area (Å²) in [5.41, 5.74) is 2.33. The van der Waals surface area contributed by atoms with Crippen LogP contribution in [0.15, 0.2) is 60.9 Å². The van der Waals surface area contributed by atoms with E-state index in [9.17, 15) is 4.79 Å². The van der Waals surface area contributed by atoms with Crippen LogP contribution in [-0.4, -0.2) is 26.2 Å². The van der Waals surface area contributed by atoms with Gasteiger partial charge in [0.05, 0.1) is 0 Å². The van der Waals surface area contributed by atoms with Gasteiger partial charge in [0.2, 0.25) is 0 Å². The molecular formula is C21H22N4O. The van der Waals surface area contributed by atoms with E-state index in [2.05, 4.69) is 36.9 Å². The largest absolute Gasteiger partial charge is 0.301 e. The molecule has 1 aromatic carbocycles. The van der Waals surface area contributed by atoms with Crippen molar-refractivity contribution in [3.8, 4) is 5.82 Å². The summed E-state index contributed by atoms with van der Waals surface area (Å²) in [7, 11) is 0. The molecule has 0 aliphatic carbocycles. The van der Waals surface area contributed by atoms with Crippen LogP contribution in [0.1, 0.15) is 49.2 Å². The Morgan fingerprint density at radius 3 is 2.69 bits per heavy atom. The SMILES string of the molecule is C[C@@H]1CC(C)(C)N(C(=O)c2cccc(-n3cccn3)n2)c2ccccc21. The first-order valence-electron chi connectivity index (χ1n) is 8.88. The fourth-order valence-electron chi connectivity index (χ4n) is 3.96. The minimum atomic E-state index is -0.283. The van der Waals surface area contributed by atoms with Gasteiger partial charge in [-0.1, -0.05) is 31.2 Å².